The van der Waals surface area contributed by atoms with Crippen LogP contribution in [0.2, 0.25) is 0 Å². The summed E-state index contributed by atoms with van der Waals surface area (Å²) in [5.74, 6) is 11.2. The van der Waals surface area contributed by atoms with Crippen LogP contribution < -0.4 is 23.2 Å². The Bertz CT molecular complexity index is 313. The molecule has 0 aliphatic heterocycles. The van der Waals surface area contributed by atoms with Crippen molar-refractivity contribution in [1.29, 1.82) is 0 Å². The lowest BCUT2D eigenvalue weighted by atomic mass is 9.80. The van der Waals surface area contributed by atoms with Crippen LogP contribution in [0.4, 0.5) is 9.59 Å². The summed E-state index contributed by atoms with van der Waals surface area (Å²) < 4.78 is 0. The van der Waals surface area contributed by atoms with Crippen LogP contribution in [0.15, 0.2) is 0 Å². The second kappa shape index (κ2) is 4.76. The first-order chi connectivity index (χ1) is 7.78. The summed E-state index contributed by atoms with van der Waals surface area (Å²) in [6.07, 6.45) is 2.52. The number of urea groups is 2. The van der Waals surface area contributed by atoms with Crippen molar-refractivity contribution in [2.75, 3.05) is 0 Å². The lowest BCUT2D eigenvalue weighted by molar-refractivity contribution is 0.0661. The lowest BCUT2D eigenvalue weighted by Crippen LogP contribution is -2.60. The number of rotatable bonds is 2. The van der Waals surface area contributed by atoms with E-state index in [4.69, 9.17) is 23.2 Å². The normalized spacial score (nSPS) is 28.5. The van der Waals surface area contributed by atoms with Gasteiger partial charge in [0.05, 0.1) is 11.6 Å². The van der Waals surface area contributed by atoms with Crippen LogP contribution in [0.25, 0.3) is 0 Å². The molecule has 1 aliphatic carbocycles. The highest BCUT2D eigenvalue weighted by atomic mass is 16.2. The van der Waals surface area contributed by atoms with Gasteiger partial charge in [-0.25, -0.2) is 21.3 Å². The molecule has 0 aromatic heterocycles. The SMILES string of the molecule is CC1(N(N)C(N)=O)CCC(N(N)C(N)=O)CC1. The molecule has 0 spiro atoms. The fourth-order valence-electron chi connectivity index (χ4n) is 2.19. The molecule has 17 heavy (non-hydrogen) atoms. The molecule has 0 heterocycles. The Morgan fingerprint density at radius 3 is 1.94 bits per heavy atom. The van der Waals surface area contributed by atoms with E-state index in [0.717, 1.165) is 10.0 Å². The molecule has 0 unspecified atom stereocenters. The predicted octanol–water partition coefficient (Wildman–Crippen LogP) is -0.803. The number of amides is 4. The Balaban J connectivity index is 2.61. The molecule has 0 saturated heterocycles. The van der Waals surface area contributed by atoms with Crippen molar-refractivity contribution in [3.8, 4) is 0 Å². The van der Waals surface area contributed by atoms with Gasteiger partial charge in [-0.1, -0.05) is 0 Å². The van der Waals surface area contributed by atoms with Crippen molar-refractivity contribution >= 4 is 12.1 Å². The van der Waals surface area contributed by atoms with Crippen molar-refractivity contribution < 1.29 is 9.59 Å². The number of primary amides is 2. The lowest BCUT2D eigenvalue weighted by Gasteiger charge is -2.43. The second-order valence-corrected chi connectivity index (χ2v) is 4.68. The molecule has 8 nitrogen and oxygen atoms in total. The Kier molecular flexibility index (Phi) is 3.79. The van der Waals surface area contributed by atoms with Crippen molar-refractivity contribution in [3.05, 3.63) is 0 Å². The largest absolute Gasteiger partial charge is 0.350 e. The molecular formula is C9H20N6O2. The van der Waals surface area contributed by atoms with Crippen molar-refractivity contribution in [2.45, 2.75) is 44.2 Å². The Morgan fingerprint density at radius 2 is 1.59 bits per heavy atom. The minimum atomic E-state index is -0.662. The molecule has 1 aliphatic rings. The van der Waals surface area contributed by atoms with Gasteiger partial charge in [0, 0.05) is 0 Å². The molecule has 1 fully saturated rings. The second-order valence-electron chi connectivity index (χ2n) is 4.68. The zero-order valence-corrected chi connectivity index (χ0v) is 9.93. The topological polar surface area (TPSA) is 145 Å². The van der Waals surface area contributed by atoms with Gasteiger partial charge in [0.15, 0.2) is 0 Å². The van der Waals surface area contributed by atoms with Crippen LogP contribution >= 0.6 is 0 Å². The highest BCUT2D eigenvalue weighted by Gasteiger charge is 2.38. The molecule has 0 atom stereocenters. The minimum Gasteiger partial charge on any atom is -0.350 e. The van der Waals surface area contributed by atoms with Gasteiger partial charge in [-0.15, -0.1) is 0 Å². The van der Waals surface area contributed by atoms with E-state index in [2.05, 4.69) is 0 Å². The number of carbonyl (C=O) groups is 2. The molecule has 1 saturated carbocycles. The van der Waals surface area contributed by atoms with E-state index in [1.54, 1.807) is 0 Å². The van der Waals surface area contributed by atoms with Gasteiger partial charge in [0.1, 0.15) is 0 Å². The molecule has 0 aromatic carbocycles. The number of hydrogen-bond acceptors (Lipinski definition) is 4. The number of hydrogen-bond donors (Lipinski definition) is 4. The van der Waals surface area contributed by atoms with Gasteiger partial charge in [0.2, 0.25) is 0 Å². The molecule has 98 valence electrons. The number of carbonyl (C=O) groups excluding carboxylic acids is 2. The third-order valence-electron chi connectivity index (χ3n) is 3.50. The molecule has 0 radical (unpaired) electrons. The number of nitrogens with two attached hydrogens (primary N) is 4. The average Bonchev–Trinajstić information content (AvgIpc) is 2.27. The number of hydrazine groups is 2. The summed E-state index contributed by atoms with van der Waals surface area (Å²) in [7, 11) is 0. The average molecular weight is 244 g/mol. The quantitative estimate of drug-likeness (QED) is 0.286. The van der Waals surface area contributed by atoms with E-state index < -0.39 is 17.6 Å². The number of nitrogens with zero attached hydrogens (tertiary/aromatic N) is 2. The summed E-state index contributed by atoms with van der Waals surface area (Å²) in [6.45, 7) is 1.86. The Labute approximate surface area is 99.8 Å². The molecule has 0 aromatic rings. The Hall–Kier alpha value is -1.54. The first kappa shape index (κ1) is 13.5. The summed E-state index contributed by atoms with van der Waals surface area (Å²) in [5, 5.41) is 2.08. The first-order valence-corrected chi connectivity index (χ1v) is 5.45. The van der Waals surface area contributed by atoms with Crippen LogP contribution in [0, 0.1) is 0 Å². The maximum atomic E-state index is 11.0. The standard InChI is InChI=1S/C9H20N6O2/c1-9(15(13)8(11)17)4-2-6(3-5-9)14(12)7(10)16/h6H,2-5,12-13H2,1H3,(H2,10,16)(H2,11,17). The summed E-state index contributed by atoms with van der Waals surface area (Å²) in [6, 6.07) is -1.43. The van der Waals surface area contributed by atoms with Crippen molar-refractivity contribution in [2.24, 2.45) is 23.2 Å². The summed E-state index contributed by atoms with van der Waals surface area (Å²) in [4.78, 5) is 22.0. The fourth-order valence-corrected chi connectivity index (χ4v) is 2.19. The van der Waals surface area contributed by atoms with Crippen LogP contribution in [-0.2, 0) is 0 Å². The van der Waals surface area contributed by atoms with Crippen LogP contribution in [-0.4, -0.2) is 33.7 Å². The van der Waals surface area contributed by atoms with Gasteiger partial charge in [0.25, 0.3) is 0 Å². The fraction of sp³-hybridized carbons (Fsp3) is 0.778. The predicted molar refractivity (Wildman–Crippen MR) is 61.9 cm³/mol. The van der Waals surface area contributed by atoms with Crippen molar-refractivity contribution in [3.63, 3.8) is 0 Å². The molecular weight excluding hydrogens is 224 g/mol. The van der Waals surface area contributed by atoms with Gasteiger partial charge < -0.3 is 11.5 Å². The van der Waals surface area contributed by atoms with E-state index in [1.165, 1.54) is 0 Å². The van der Waals surface area contributed by atoms with E-state index in [-0.39, 0.29) is 6.04 Å². The van der Waals surface area contributed by atoms with Crippen LogP contribution in [0.3, 0.4) is 0 Å². The molecule has 8 heteroatoms. The Morgan fingerprint density at radius 1 is 1.12 bits per heavy atom. The maximum Gasteiger partial charge on any atom is 0.329 e. The molecule has 1 rings (SSSR count). The molecule has 8 N–H and O–H groups in total. The van der Waals surface area contributed by atoms with E-state index in [0.29, 0.717) is 25.7 Å². The minimum absolute atomic E-state index is 0.109. The van der Waals surface area contributed by atoms with Gasteiger partial charge in [-0.05, 0) is 32.6 Å². The summed E-state index contributed by atoms with van der Waals surface area (Å²) >= 11 is 0. The van der Waals surface area contributed by atoms with Crippen LogP contribution in [0.1, 0.15) is 32.6 Å². The first-order valence-electron chi connectivity index (χ1n) is 5.45. The van der Waals surface area contributed by atoms with Crippen LogP contribution in [0.5, 0.6) is 0 Å². The molecule has 4 amide bonds. The summed E-state index contributed by atoms with van der Waals surface area (Å²) in [5.41, 5.74) is 9.76. The monoisotopic (exact) mass is 244 g/mol. The smallest absolute Gasteiger partial charge is 0.329 e. The highest BCUT2D eigenvalue weighted by molar-refractivity contribution is 5.72. The third-order valence-corrected chi connectivity index (χ3v) is 3.50. The maximum absolute atomic E-state index is 11.0. The van der Waals surface area contributed by atoms with Gasteiger partial charge in [-0.3, -0.25) is 10.0 Å². The zero-order valence-electron chi connectivity index (χ0n) is 9.93. The van der Waals surface area contributed by atoms with E-state index >= 15 is 0 Å². The van der Waals surface area contributed by atoms with E-state index in [9.17, 15) is 9.59 Å². The third kappa shape index (κ3) is 2.77. The highest BCUT2D eigenvalue weighted by Crippen LogP contribution is 2.33. The van der Waals surface area contributed by atoms with Gasteiger partial charge >= 0.3 is 12.1 Å². The van der Waals surface area contributed by atoms with Crippen molar-refractivity contribution in [1.82, 2.24) is 10.0 Å². The molecule has 0 bridgehead atoms. The zero-order chi connectivity index (χ0) is 13.2. The van der Waals surface area contributed by atoms with Gasteiger partial charge in [-0.2, -0.15) is 0 Å². The van der Waals surface area contributed by atoms with E-state index in [1.807, 2.05) is 6.92 Å².